The Morgan fingerprint density at radius 3 is 2.62 bits per heavy atom. The lowest BCUT2D eigenvalue weighted by atomic mass is 10.2. The fourth-order valence-electron chi connectivity index (χ4n) is 3.34. The van der Waals surface area contributed by atoms with Gasteiger partial charge in [0, 0.05) is 35.2 Å². The van der Waals surface area contributed by atoms with E-state index in [4.69, 9.17) is 0 Å². The first-order valence-electron chi connectivity index (χ1n) is 9.44. The normalized spacial score (nSPS) is 13.3. The molecule has 1 aliphatic rings. The van der Waals surface area contributed by atoms with E-state index < -0.39 is 9.84 Å². The van der Waals surface area contributed by atoms with Gasteiger partial charge in [0.2, 0.25) is 11.8 Å². The number of carbonyl (C=O) groups is 2. The van der Waals surface area contributed by atoms with Gasteiger partial charge >= 0.3 is 0 Å². The van der Waals surface area contributed by atoms with Crippen molar-refractivity contribution < 1.29 is 18.0 Å². The second-order valence-corrected chi connectivity index (χ2v) is 9.92. The van der Waals surface area contributed by atoms with E-state index in [9.17, 15) is 18.0 Å². The number of aryl methyl sites for hydroxylation is 1. The Balaban J connectivity index is 1.77. The predicted molar refractivity (Wildman–Crippen MR) is 117 cm³/mol. The Morgan fingerprint density at radius 2 is 1.93 bits per heavy atom. The number of hydrogen-bond donors (Lipinski definition) is 1. The molecular formula is C21H23BrN2O4S. The number of sulfone groups is 1. The average Bonchev–Trinajstić information content (AvgIpc) is 3.09. The van der Waals surface area contributed by atoms with Gasteiger partial charge in [0.05, 0.1) is 10.6 Å². The highest BCUT2D eigenvalue weighted by molar-refractivity contribution is 9.10. The van der Waals surface area contributed by atoms with Crippen molar-refractivity contribution in [1.82, 2.24) is 0 Å². The van der Waals surface area contributed by atoms with Crippen molar-refractivity contribution in [3.63, 3.8) is 0 Å². The number of nitrogens with one attached hydrogen (secondary N) is 1. The molecule has 0 bridgehead atoms. The molecule has 1 heterocycles. The standard InChI is InChI=1S/C21H23BrN2O4S/c1-3-21(26)24-10-8-15-12-16(22)19(13-18(15)24)29(27,28)11-9-20(25)23-17-7-5-4-6-14(17)2/h4-7,12-13H,3,8-11H2,1-2H3,(H,23,25). The molecule has 8 heteroatoms. The van der Waals surface area contributed by atoms with Crippen LogP contribution in [-0.4, -0.2) is 32.5 Å². The number of rotatable bonds is 6. The van der Waals surface area contributed by atoms with E-state index in [1.165, 1.54) is 0 Å². The molecule has 0 spiro atoms. The van der Waals surface area contributed by atoms with Gasteiger partial charge in [-0.1, -0.05) is 25.1 Å². The van der Waals surface area contributed by atoms with E-state index >= 15 is 0 Å². The van der Waals surface area contributed by atoms with Gasteiger partial charge in [0.15, 0.2) is 9.84 Å². The van der Waals surface area contributed by atoms with Gasteiger partial charge in [-0.3, -0.25) is 9.59 Å². The topological polar surface area (TPSA) is 83.6 Å². The maximum absolute atomic E-state index is 12.9. The Labute approximate surface area is 179 Å². The van der Waals surface area contributed by atoms with E-state index in [1.807, 2.05) is 25.1 Å². The van der Waals surface area contributed by atoms with Crippen LogP contribution in [0.4, 0.5) is 11.4 Å². The summed E-state index contributed by atoms with van der Waals surface area (Å²) < 4.78 is 26.3. The largest absolute Gasteiger partial charge is 0.326 e. The molecule has 2 amide bonds. The van der Waals surface area contributed by atoms with Crippen LogP contribution in [0.15, 0.2) is 45.8 Å². The number of hydrogen-bond acceptors (Lipinski definition) is 4. The maximum atomic E-state index is 12.9. The Kier molecular flexibility index (Phi) is 6.43. The molecule has 6 nitrogen and oxygen atoms in total. The van der Waals surface area contributed by atoms with Crippen molar-refractivity contribution in [1.29, 1.82) is 0 Å². The molecule has 0 aromatic heterocycles. The Bertz CT molecular complexity index is 1070. The van der Waals surface area contributed by atoms with Crippen LogP contribution < -0.4 is 10.2 Å². The number of nitrogens with zero attached hydrogens (tertiary/aromatic N) is 1. The van der Waals surface area contributed by atoms with Gasteiger partial charge < -0.3 is 10.2 Å². The van der Waals surface area contributed by atoms with E-state index in [-0.39, 0.29) is 28.9 Å². The SMILES string of the molecule is CCC(=O)N1CCc2cc(Br)c(S(=O)(=O)CCC(=O)Nc3ccccc3C)cc21. The smallest absolute Gasteiger partial charge is 0.226 e. The van der Waals surface area contributed by atoms with Crippen LogP contribution >= 0.6 is 15.9 Å². The van der Waals surface area contributed by atoms with Crippen molar-refractivity contribution in [3.05, 3.63) is 52.0 Å². The summed E-state index contributed by atoms with van der Waals surface area (Å²) in [5.74, 6) is -0.709. The first-order chi connectivity index (χ1) is 13.7. The Hall–Kier alpha value is -2.19. The quantitative estimate of drug-likeness (QED) is 0.682. The van der Waals surface area contributed by atoms with Gasteiger partial charge in [-0.15, -0.1) is 0 Å². The molecule has 0 fully saturated rings. The van der Waals surface area contributed by atoms with Crippen LogP contribution in [0.5, 0.6) is 0 Å². The highest BCUT2D eigenvalue weighted by atomic mass is 79.9. The van der Waals surface area contributed by atoms with Crippen LogP contribution in [0.25, 0.3) is 0 Å². The lowest BCUT2D eigenvalue weighted by Crippen LogP contribution is -2.28. The lowest BCUT2D eigenvalue weighted by molar-refractivity contribution is -0.118. The van der Waals surface area contributed by atoms with Crippen molar-refractivity contribution in [2.24, 2.45) is 0 Å². The van der Waals surface area contributed by atoms with Gasteiger partial charge in [-0.05, 0) is 58.6 Å². The minimum Gasteiger partial charge on any atom is -0.326 e. The molecule has 0 atom stereocenters. The molecule has 3 rings (SSSR count). The number of benzene rings is 2. The number of amides is 2. The minimum atomic E-state index is -3.71. The van der Waals surface area contributed by atoms with Crippen molar-refractivity contribution in [2.75, 3.05) is 22.5 Å². The molecule has 0 radical (unpaired) electrons. The maximum Gasteiger partial charge on any atom is 0.226 e. The monoisotopic (exact) mass is 478 g/mol. The molecule has 154 valence electrons. The number of halogens is 1. The summed E-state index contributed by atoms with van der Waals surface area (Å²) in [7, 11) is -3.71. The van der Waals surface area contributed by atoms with Gasteiger partial charge in [0.25, 0.3) is 0 Å². The first-order valence-corrected chi connectivity index (χ1v) is 11.9. The number of para-hydroxylation sites is 1. The average molecular weight is 479 g/mol. The van der Waals surface area contributed by atoms with E-state index in [0.29, 0.717) is 35.2 Å². The zero-order valence-electron chi connectivity index (χ0n) is 16.4. The highest BCUT2D eigenvalue weighted by Gasteiger charge is 2.28. The first kappa shape index (κ1) is 21.5. The van der Waals surface area contributed by atoms with Crippen molar-refractivity contribution in [3.8, 4) is 0 Å². The molecule has 1 N–H and O–H groups in total. The lowest BCUT2D eigenvalue weighted by Gasteiger charge is -2.18. The third kappa shape index (κ3) is 4.70. The molecule has 0 unspecified atom stereocenters. The number of carbonyl (C=O) groups excluding carboxylic acids is 2. The molecule has 2 aromatic carbocycles. The van der Waals surface area contributed by atoms with E-state index in [2.05, 4.69) is 21.2 Å². The summed E-state index contributed by atoms with van der Waals surface area (Å²) >= 11 is 3.35. The van der Waals surface area contributed by atoms with Crippen LogP contribution in [0.3, 0.4) is 0 Å². The predicted octanol–water partition coefficient (Wildman–Crippen LogP) is 3.86. The molecule has 1 aliphatic heterocycles. The van der Waals surface area contributed by atoms with Crippen molar-refractivity contribution in [2.45, 2.75) is 38.0 Å². The zero-order valence-corrected chi connectivity index (χ0v) is 18.8. The zero-order chi connectivity index (χ0) is 21.2. The second kappa shape index (κ2) is 8.67. The molecule has 0 saturated heterocycles. The summed E-state index contributed by atoms with van der Waals surface area (Å²) in [5.41, 5.74) is 3.16. The van der Waals surface area contributed by atoms with Crippen LogP contribution in [0, 0.1) is 6.92 Å². The molecule has 29 heavy (non-hydrogen) atoms. The number of fused-ring (bicyclic) bond motifs is 1. The van der Waals surface area contributed by atoms with Crippen LogP contribution in [0.1, 0.15) is 30.9 Å². The summed E-state index contributed by atoms with van der Waals surface area (Å²) in [6.45, 7) is 4.21. The fraction of sp³-hybridized carbons (Fsp3) is 0.333. The van der Waals surface area contributed by atoms with Gasteiger partial charge in [-0.2, -0.15) is 0 Å². The van der Waals surface area contributed by atoms with E-state index in [1.54, 1.807) is 30.0 Å². The molecule has 0 aliphatic carbocycles. The van der Waals surface area contributed by atoms with Crippen molar-refractivity contribution >= 4 is 49.0 Å². The molecule has 2 aromatic rings. The van der Waals surface area contributed by atoms with Gasteiger partial charge in [0.1, 0.15) is 0 Å². The fourth-order valence-corrected chi connectivity index (χ4v) is 5.79. The van der Waals surface area contributed by atoms with Crippen LogP contribution in [0.2, 0.25) is 0 Å². The summed E-state index contributed by atoms with van der Waals surface area (Å²) in [6.07, 6.45) is 0.896. The number of anilines is 2. The molecular weight excluding hydrogens is 456 g/mol. The third-order valence-corrected chi connectivity index (χ3v) is 7.65. The molecule has 0 saturated carbocycles. The van der Waals surface area contributed by atoms with E-state index in [0.717, 1.165) is 11.1 Å². The third-order valence-electron chi connectivity index (χ3n) is 4.98. The van der Waals surface area contributed by atoms with Gasteiger partial charge in [-0.25, -0.2) is 8.42 Å². The highest BCUT2D eigenvalue weighted by Crippen LogP contribution is 2.36. The summed E-state index contributed by atoms with van der Waals surface area (Å²) in [5, 5.41) is 2.75. The Morgan fingerprint density at radius 1 is 1.21 bits per heavy atom. The second-order valence-electron chi connectivity index (χ2n) is 6.99. The van der Waals surface area contributed by atoms with Crippen LogP contribution in [-0.2, 0) is 25.8 Å². The summed E-state index contributed by atoms with van der Waals surface area (Å²) in [6, 6.07) is 10.6. The minimum absolute atomic E-state index is 0.0352. The summed E-state index contributed by atoms with van der Waals surface area (Å²) in [4.78, 5) is 26.1.